The van der Waals surface area contributed by atoms with E-state index in [1.54, 1.807) is 24.5 Å². The van der Waals surface area contributed by atoms with Crippen LogP contribution in [-0.4, -0.2) is 17.4 Å². The highest BCUT2D eigenvalue weighted by molar-refractivity contribution is 5.93. The average Bonchev–Trinajstić information content (AvgIpc) is 2.52. The predicted octanol–water partition coefficient (Wildman–Crippen LogP) is 1.32. The Labute approximate surface area is 118 Å². The molecule has 4 heteroatoms. The van der Waals surface area contributed by atoms with Gasteiger partial charge in [-0.25, -0.2) is 0 Å². The van der Waals surface area contributed by atoms with Gasteiger partial charge in [-0.2, -0.15) is 0 Å². The SMILES string of the molecule is NCC#Cc1ccc(CNC(=O)c2cccnc2)cc1. The van der Waals surface area contributed by atoms with E-state index in [2.05, 4.69) is 22.1 Å². The molecule has 0 aliphatic rings. The van der Waals surface area contributed by atoms with Crippen molar-refractivity contribution in [3.8, 4) is 11.8 Å². The van der Waals surface area contributed by atoms with Crippen LogP contribution in [-0.2, 0) is 6.54 Å². The van der Waals surface area contributed by atoms with Crippen molar-refractivity contribution >= 4 is 5.91 Å². The quantitative estimate of drug-likeness (QED) is 0.822. The number of rotatable bonds is 3. The average molecular weight is 265 g/mol. The Morgan fingerprint density at radius 3 is 2.70 bits per heavy atom. The van der Waals surface area contributed by atoms with Crippen LogP contribution in [0.25, 0.3) is 0 Å². The lowest BCUT2D eigenvalue weighted by atomic mass is 10.1. The van der Waals surface area contributed by atoms with E-state index in [0.29, 0.717) is 18.7 Å². The lowest BCUT2D eigenvalue weighted by Crippen LogP contribution is -2.22. The molecule has 2 rings (SSSR count). The molecule has 1 heterocycles. The second-order valence-corrected chi connectivity index (χ2v) is 4.13. The van der Waals surface area contributed by atoms with Gasteiger partial charge in [0.2, 0.25) is 0 Å². The van der Waals surface area contributed by atoms with Crippen molar-refractivity contribution in [2.45, 2.75) is 6.54 Å². The lowest BCUT2D eigenvalue weighted by Gasteiger charge is -2.05. The Morgan fingerprint density at radius 2 is 2.05 bits per heavy atom. The molecular weight excluding hydrogens is 250 g/mol. The van der Waals surface area contributed by atoms with Crippen molar-refractivity contribution < 1.29 is 4.79 Å². The maximum Gasteiger partial charge on any atom is 0.253 e. The first kappa shape index (κ1) is 13.8. The summed E-state index contributed by atoms with van der Waals surface area (Å²) in [6, 6.07) is 11.2. The molecule has 100 valence electrons. The summed E-state index contributed by atoms with van der Waals surface area (Å²) in [4.78, 5) is 15.8. The standard InChI is InChI=1S/C16H15N3O/c17-9-1-3-13-5-7-14(8-6-13)11-19-16(20)15-4-2-10-18-12-15/h2,4-8,10,12H,9,11,17H2,(H,19,20). The minimum absolute atomic E-state index is 0.134. The maximum absolute atomic E-state index is 11.8. The second kappa shape index (κ2) is 7.07. The molecule has 0 fully saturated rings. The van der Waals surface area contributed by atoms with Gasteiger partial charge in [-0.3, -0.25) is 9.78 Å². The van der Waals surface area contributed by atoms with Crippen LogP contribution in [0.3, 0.4) is 0 Å². The van der Waals surface area contributed by atoms with Gasteiger partial charge in [0, 0.05) is 24.5 Å². The highest BCUT2D eigenvalue weighted by atomic mass is 16.1. The van der Waals surface area contributed by atoms with Crippen LogP contribution in [0.4, 0.5) is 0 Å². The van der Waals surface area contributed by atoms with Crippen molar-refractivity contribution in [3.63, 3.8) is 0 Å². The number of hydrogen-bond acceptors (Lipinski definition) is 3. The normalized spacial score (nSPS) is 9.45. The van der Waals surface area contributed by atoms with E-state index in [9.17, 15) is 4.79 Å². The number of amides is 1. The third-order valence-electron chi connectivity index (χ3n) is 2.67. The number of nitrogens with two attached hydrogens (primary N) is 1. The molecule has 20 heavy (non-hydrogen) atoms. The number of hydrogen-bond donors (Lipinski definition) is 2. The van der Waals surface area contributed by atoms with Gasteiger partial charge in [-0.15, -0.1) is 0 Å². The molecule has 0 spiro atoms. The van der Waals surface area contributed by atoms with Crippen molar-refractivity contribution in [1.29, 1.82) is 0 Å². The first-order valence-electron chi connectivity index (χ1n) is 6.25. The second-order valence-electron chi connectivity index (χ2n) is 4.13. The summed E-state index contributed by atoms with van der Waals surface area (Å²) >= 11 is 0. The summed E-state index contributed by atoms with van der Waals surface area (Å²) in [6.07, 6.45) is 3.18. The molecule has 0 radical (unpaired) electrons. The first-order valence-corrected chi connectivity index (χ1v) is 6.25. The highest BCUT2D eigenvalue weighted by Gasteiger charge is 2.04. The van der Waals surface area contributed by atoms with Gasteiger partial charge in [-0.05, 0) is 29.8 Å². The highest BCUT2D eigenvalue weighted by Crippen LogP contribution is 2.04. The molecule has 1 aromatic carbocycles. The van der Waals surface area contributed by atoms with Crippen molar-refractivity contribution in [2.24, 2.45) is 5.73 Å². The predicted molar refractivity (Wildman–Crippen MR) is 77.8 cm³/mol. The lowest BCUT2D eigenvalue weighted by molar-refractivity contribution is 0.0950. The van der Waals surface area contributed by atoms with Gasteiger partial charge < -0.3 is 11.1 Å². The molecule has 0 bridgehead atoms. The van der Waals surface area contributed by atoms with Gasteiger partial charge in [0.1, 0.15) is 0 Å². The molecule has 1 amide bonds. The molecule has 0 unspecified atom stereocenters. The number of benzene rings is 1. The summed E-state index contributed by atoms with van der Waals surface area (Å²) in [5, 5.41) is 2.84. The molecule has 0 saturated carbocycles. The summed E-state index contributed by atoms with van der Waals surface area (Å²) in [6.45, 7) is 0.821. The molecule has 0 aliphatic carbocycles. The Bertz CT molecular complexity index is 624. The van der Waals surface area contributed by atoms with E-state index in [-0.39, 0.29) is 5.91 Å². The third kappa shape index (κ3) is 3.94. The Hall–Kier alpha value is -2.64. The third-order valence-corrected chi connectivity index (χ3v) is 2.67. The monoisotopic (exact) mass is 265 g/mol. The molecule has 0 saturated heterocycles. The van der Waals surface area contributed by atoms with Crippen LogP contribution >= 0.6 is 0 Å². The van der Waals surface area contributed by atoms with E-state index in [0.717, 1.165) is 11.1 Å². The van der Waals surface area contributed by atoms with Crippen LogP contribution in [0.2, 0.25) is 0 Å². The fourth-order valence-corrected chi connectivity index (χ4v) is 1.64. The fourth-order valence-electron chi connectivity index (χ4n) is 1.64. The summed E-state index contributed by atoms with van der Waals surface area (Å²) in [7, 11) is 0. The largest absolute Gasteiger partial charge is 0.348 e. The summed E-state index contributed by atoms with van der Waals surface area (Å²) in [5.41, 5.74) is 7.80. The van der Waals surface area contributed by atoms with Gasteiger partial charge in [0.05, 0.1) is 12.1 Å². The zero-order chi connectivity index (χ0) is 14.2. The van der Waals surface area contributed by atoms with E-state index < -0.39 is 0 Å². The minimum Gasteiger partial charge on any atom is -0.348 e. The first-order chi connectivity index (χ1) is 9.79. The molecule has 2 aromatic rings. The minimum atomic E-state index is -0.134. The number of carbonyl (C=O) groups excluding carboxylic acids is 1. The number of carbonyl (C=O) groups is 1. The Kier molecular flexibility index (Phi) is 4.87. The number of nitrogens with one attached hydrogen (secondary N) is 1. The van der Waals surface area contributed by atoms with Gasteiger partial charge in [-0.1, -0.05) is 24.0 Å². The molecule has 0 atom stereocenters. The smallest absolute Gasteiger partial charge is 0.253 e. The van der Waals surface area contributed by atoms with Crippen LogP contribution in [0.1, 0.15) is 21.5 Å². The summed E-state index contributed by atoms with van der Waals surface area (Å²) < 4.78 is 0. The van der Waals surface area contributed by atoms with Crippen LogP contribution < -0.4 is 11.1 Å². The van der Waals surface area contributed by atoms with E-state index in [1.165, 1.54) is 0 Å². The molecular formula is C16H15N3O. The molecule has 1 aromatic heterocycles. The topological polar surface area (TPSA) is 68.0 Å². The zero-order valence-electron chi connectivity index (χ0n) is 11.0. The molecule has 3 N–H and O–H groups in total. The van der Waals surface area contributed by atoms with Gasteiger partial charge >= 0.3 is 0 Å². The zero-order valence-corrected chi connectivity index (χ0v) is 11.0. The number of aromatic nitrogens is 1. The van der Waals surface area contributed by atoms with Crippen LogP contribution in [0.5, 0.6) is 0 Å². The molecule has 0 aliphatic heterocycles. The van der Waals surface area contributed by atoms with Crippen molar-refractivity contribution in [1.82, 2.24) is 10.3 Å². The van der Waals surface area contributed by atoms with Crippen LogP contribution in [0.15, 0.2) is 48.8 Å². The maximum atomic E-state index is 11.8. The van der Waals surface area contributed by atoms with E-state index >= 15 is 0 Å². The number of nitrogens with zero attached hydrogens (tertiary/aromatic N) is 1. The van der Waals surface area contributed by atoms with Gasteiger partial charge in [0.25, 0.3) is 5.91 Å². The molecule has 4 nitrogen and oxygen atoms in total. The number of pyridine rings is 1. The van der Waals surface area contributed by atoms with Crippen LogP contribution in [0, 0.1) is 11.8 Å². The summed E-state index contributed by atoms with van der Waals surface area (Å²) in [5.74, 6) is 5.61. The Balaban J connectivity index is 1.93. The van der Waals surface area contributed by atoms with Crippen molar-refractivity contribution in [2.75, 3.05) is 6.54 Å². The van der Waals surface area contributed by atoms with Crippen molar-refractivity contribution in [3.05, 3.63) is 65.5 Å². The Morgan fingerprint density at radius 1 is 1.25 bits per heavy atom. The van der Waals surface area contributed by atoms with E-state index in [4.69, 9.17) is 5.73 Å². The van der Waals surface area contributed by atoms with Gasteiger partial charge in [0.15, 0.2) is 0 Å². The van der Waals surface area contributed by atoms with E-state index in [1.807, 2.05) is 24.3 Å². The fraction of sp³-hybridized carbons (Fsp3) is 0.125.